The first-order valence-electron chi connectivity index (χ1n) is 17.4. The van der Waals surface area contributed by atoms with Crippen LogP contribution >= 0.6 is 0 Å². The van der Waals surface area contributed by atoms with Crippen molar-refractivity contribution in [1.82, 2.24) is 0 Å². The summed E-state index contributed by atoms with van der Waals surface area (Å²) in [5.41, 5.74) is -0.761. The molecule has 1 N–H and O–H groups in total. The minimum Gasteiger partial charge on any atom is -0.465 e. The Kier molecular flexibility index (Phi) is 11.7. The van der Waals surface area contributed by atoms with E-state index in [1.807, 2.05) is 6.92 Å². The van der Waals surface area contributed by atoms with Crippen molar-refractivity contribution in [3.63, 3.8) is 0 Å². The van der Waals surface area contributed by atoms with Crippen LogP contribution in [0.5, 0.6) is 0 Å². The Bertz CT molecular complexity index is 1420. The first kappa shape index (κ1) is 40.3. The van der Waals surface area contributed by atoms with Crippen LogP contribution in [-0.2, 0) is 48.2 Å². The third-order valence-corrected chi connectivity index (χ3v) is 13.6. The van der Waals surface area contributed by atoms with Crippen molar-refractivity contribution in [2.75, 3.05) is 6.61 Å². The number of carbonyl (C=O) groups is 4. The van der Waals surface area contributed by atoms with Gasteiger partial charge in [-0.25, -0.2) is 0 Å². The van der Waals surface area contributed by atoms with Crippen LogP contribution < -0.4 is 0 Å². The van der Waals surface area contributed by atoms with Gasteiger partial charge in [-0.05, 0) is 86.4 Å². The molecule has 16 heteroatoms. The second-order valence-corrected chi connectivity index (χ2v) is 16.9. The fourth-order valence-corrected chi connectivity index (χ4v) is 10.8. The molecule has 4 rings (SSSR count). The van der Waals surface area contributed by atoms with Crippen LogP contribution in [0.3, 0.4) is 0 Å². The van der Waals surface area contributed by atoms with E-state index in [1.54, 1.807) is 0 Å². The number of hydrogen-bond acceptors (Lipinski definition) is 10. The van der Waals surface area contributed by atoms with Crippen molar-refractivity contribution in [3.05, 3.63) is 0 Å². The van der Waals surface area contributed by atoms with Crippen molar-refractivity contribution in [2.45, 2.75) is 135 Å². The molecule has 0 saturated heterocycles. The number of esters is 4. The highest BCUT2D eigenvalue weighted by molar-refractivity contribution is 7.87. The summed E-state index contributed by atoms with van der Waals surface area (Å²) in [6.45, 7) is 9.21. The molecule has 4 fully saturated rings. The highest BCUT2D eigenvalue weighted by Crippen LogP contribution is 2.69. The summed E-state index contributed by atoms with van der Waals surface area (Å²) in [6, 6.07) is 0. The lowest BCUT2D eigenvalue weighted by atomic mass is 9.43. The molecule has 11 atom stereocenters. The highest BCUT2D eigenvalue weighted by Gasteiger charge is 2.68. The van der Waals surface area contributed by atoms with Crippen LogP contribution in [0, 0.1) is 46.3 Å². The van der Waals surface area contributed by atoms with Crippen molar-refractivity contribution in [2.24, 2.45) is 46.3 Å². The third kappa shape index (κ3) is 7.66. The minimum atomic E-state index is -6.40. The van der Waals surface area contributed by atoms with E-state index in [0.29, 0.717) is 25.7 Å². The Morgan fingerprint density at radius 2 is 1.50 bits per heavy atom. The molecule has 11 nitrogen and oxygen atoms in total. The first-order chi connectivity index (χ1) is 23.0. The number of rotatable bonds is 12. The number of alkyl halides is 4. The maximum Gasteiger partial charge on any atom is 0.431 e. The van der Waals surface area contributed by atoms with Crippen LogP contribution in [0.4, 0.5) is 17.6 Å². The van der Waals surface area contributed by atoms with E-state index in [0.717, 1.165) is 19.3 Å². The van der Waals surface area contributed by atoms with Gasteiger partial charge in [-0.3, -0.25) is 23.7 Å². The fourth-order valence-electron chi connectivity index (χ4n) is 10.4. The predicted octanol–water partition coefficient (Wildman–Crippen LogP) is 6.13. The largest absolute Gasteiger partial charge is 0.465 e. The number of hydrogen-bond donors (Lipinski definition) is 1. The number of ether oxygens (including phenoxy) is 4. The topological polar surface area (TPSA) is 160 Å². The molecule has 0 aromatic rings. The summed E-state index contributed by atoms with van der Waals surface area (Å²) in [6.07, 6.45) is 1.84. The average Bonchev–Trinajstić information content (AvgIpc) is 3.33. The molecule has 0 heterocycles. The molecule has 50 heavy (non-hydrogen) atoms. The Morgan fingerprint density at radius 3 is 2.08 bits per heavy atom. The molecular formula is C34H50F4O11S. The summed E-state index contributed by atoms with van der Waals surface area (Å²) < 4.78 is 107. The monoisotopic (exact) mass is 742 g/mol. The van der Waals surface area contributed by atoms with Crippen LogP contribution in [0.1, 0.15) is 106 Å². The summed E-state index contributed by atoms with van der Waals surface area (Å²) >= 11 is 0. The van der Waals surface area contributed by atoms with Gasteiger partial charge in [-0.15, -0.1) is 0 Å². The standard InChI is InChI=1S/C34H50F4O11S/c1-18(7-10-29(42)46-14-13-33(35,36)34(37,38)50(43,44)45)24-8-9-25-30-26(17-28(32(24,25)6)49-21(4)41)31(5)12-11-23(47-19(2)39)15-22(31)16-27(30)48-20(3)40/h18,22-28,30H,7-17H2,1-6H3,(H,43,44,45). The average molecular weight is 743 g/mol. The molecule has 0 radical (unpaired) electrons. The van der Waals surface area contributed by atoms with Crippen LogP contribution in [-0.4, -0.2) is 72.9 Å². The molecule has 0 aromatic carbocycles. The first-order valence-corrected chi connectivity index (χ1v) is 18.8. The van der Waals surface area contributed by atoms with Gasteiger partial charge < -0.3 is 18.9 Å². The summed E-state index contributed by atoms with van der Waals surface area (Å²) in [7, 11) is -6.40. The van der Waals surface area contributed by atoms with Gasteiger partial charge in [0.25, 0.3) is 0 Å². The summed E-state index contributed by atoms with van der Waals surface area (Å²) in [5, 5.41) is -5.75. The van der Waals surface area contributed by atoms with Gasteiger partial charge in [-0.2, -0.15) is 26.0 Å². The molecule has 4 aliphatic rings. The van der Waals surface area contributed by atoms with Crippen LogP contribution in [0.2, 0.25) is 0 Å². The maximum atomic E-state index is 13.8. The van der Waals surface area contributed by atoms with Gasteiger partial charge in [0, 0.05) is 38.5 Å². The second-order valence-electron chi connectivity index (χ2n) is 15.4. The van der Waals surface area contributed by atoms with E-state index in [4.69, 9.17) is 23.5 Å². The van der Waals surface area contributed by atoms with E-state index in [9.17, 15) is 45.2 Å². The number of carbonyl (C=O) groups excluding carboxylic acids is 4. The lowest BCUT2D eigenvalue weighted by molar-refractivity contribution is -0.224. The zero-order valence-corrected chi connectivity index (χ0v) is 30.2. The maximum absolute atomic E-state index is 13.8. The van der Waals surface area contributed by atoms with Gasteiger partial charge in [0.2, 0.25) is 0 Å². The SMILES string of the molecule is CC(=O)OC1CCC2(C)C(C1)CC(OC(C)=O)C1C2CC(OC(C)=O)C2(C)C(C(C)CCC(=O)OCCC(F)(F)C(F)(F)S(=O)(=O)O)CCC12. The van der Waals surface area contributed by atoms with E-state index in [-0.39, 0.29) is 65.8 Å². The van der Waals surface area contributed by atoms with Gasteiger partial charge in [0.15, 0.2) is 0 Å². The zero-order chi connectivity index (χ0) is 37.6. The Morgan fingerprint density at radius 1 is 0.880 bits per heavy atom. The smallest absolute Gasteiger partial charge is 0.431 e. The Labute approximate surface area is 290 Å². The lowest BCUT2D eigenvalue weighted by Gasteiger charge is -2.64. The molecule has 4 aliphatic carbocycles. The van der Waals surface area contributed by atoms with Crippen molar-refractivity contribution in [3.8, 4) is 0 Å². The number of halogens is 4. The van der Waals surface area contributed by atoms with Gasteiger partial charge in [0.05, 0.1) is 13.0 Å². The number of fused-ring (bicyclic) bond motifs is 5. The molecule has 0 bridgehead atoms. The molecular weight excluding hydrogens is 692 g/mol. The molecule has 0 spiro atoms. The van der Waals surface area contributed by atoms with Gasteiger partial charge in [-0.1, -0.05) is 20.8 Å². The normalized spacial score (nSPS) is 36.2. The van der Waals surface area contributed by atoms with E-state index >= 15 is 0 Å². The zero-order valence-electron chi connectivity index (χ0n) is 29.4. The van der Waals surface area contributed by atoms with Crippen molar-refractivity contribution >= 4 is 34.0 Å². The van der Waals surface area contributed by atoms with E-state index in [2.05, 4.69) is 13.8 Å². The van der Waals surface area contributed by atoms with E-state index in [1.165, 1.54) is 20.8 Å². The Balaban J connectivity index is 1.51. The fraction of sp³-hybridized carbons (Fsp3) is 0.882. The van der Waals surface area contributed by atoms with Crippen molar-refractivity contribution < 1.29 is 68.7 Å². The summed E-state index contributed by atoms with van der Waals surface area (Å²) in [5.74, 6) is -7.39. The van der Waals surface area contributed by atoms with E-state index < -0.39 is 69.9 Å². The molecule has 0 aromatic heterocycles. The molecule has 4 saturated carbocycles. The highest BCUT2D eigenvalue weighted by atomic mass is 32.2. The second kappa shape index (κ2) is 14.5. The van der Waals surface area contributed by atoms with Crippen molar-refractivity contribution in [1.29, 1.82) is 0 Å². The molecule has 286 valence electrons. The van der Waals surface area contributed by atoms with Gasteiger partial charge in [0.1, 0.15) is 18.3 Å². The molecule has 0 amide bonds. The van der Waals surface area contributed by atoms with Crippen LogP contribution in [0.25, 0.3) is 0 Å². The Hall–Kier alpha value is -2.49. The minimum absolute atomic E-state index is 0.00924. The summed E-state index contributed by atoms with van der Waals surface area (Å²) in [4.78, 5) is 49.2. The predicted molar refractivity (Wildman–Crippen MR) is 168 cm³/mol. The third-order valence-electron chi connectivity index (χ3n) is 12.6. The lowest BCUT2D eigenvalue weighted by Crippen LogP contribution is -2.63. The van der Waals surface area contributed by atoms with Crippen LogP contribution in [0.15, 0.2) is 0 Å². The van der Waals surface area contributed by atoms with Gasteiger partial charge >= 0.3 is 45.2 Å². The quantitative estimate of drug-likeness (QED) is 0.106. The molecule has 11 unspecified atom stereocenters. The molecule has 0 aliphatic heterocycles.